The van der Waals surface area contributed by atoms with Crippen molar-refractivity contribution in [1.29, 1.82) is 5.26 Å². The number of methoxy groups -OCH3 is 1. The van der Waals surface area contributed by atoms with Gasteiger partial charge in [0.1, 0.15) is 23.1 Å². The molecule has 23 heavy (non-hydrogen) atoms. The van der Waals surface area contributed by atoms with Gasteiger partial charge in [-0.15, -0.1) is 0 Å². The highest BCUT2D eigenvalue weighted by atomic mass is 35.5. The second-order valence-corrected chi connectivity index (χ2v) is 4.95. The maximum absolute atomic E-state index is 13.0. The number of pyridine rings is 1. The molecule has 0 radical (unpaired) electrons. The lowest BCUT2D eigenvalue weighted by Crippen LogP contribution is -2.09. The predicted octanol–water partition coefficient (Wildman–Crippen LogP) is 5.08. The fraction of sp³-hybridized carbons (Fsp3) is 0.143. The maximum atomic E-state index is 13.0. The highest BCUT2D eigenvalue weighted by Crippen LogP contribution is 2.38. The molecule has 2 aromatic rings. The molecule has 0 unspecified atom stereocenters. The van der Waals surface area contributed by atoms with Gasteiger partial charge in [-0.3, -0.25) is 0 Å². The summed E-state index contributed by atoms with van der Waals surface area (Å²) in [6.07, 6.45) is -4.78. The average Bonchev–Trinajstić information content (AvgIpc) is 2.47. The van der Waals surface area contributed by atoms with Gasteiger partial charge in [0.25, 0.3) is 0 Å². The van der Waals surface area contributed by atoms with E-state index in [4.69, 9.17) is 37.9 Å². The summed E-state index contributed by atoms with van der Waals surface area (Å²) in [5, 5.41) is 8.30. The van der Waals surface area contributed by atoms with Crippen LogP contribution < -0.4 is 9.47 Å². The van der Waals surface area contributed by atoms with Crippen molar-refractivity contribution in [3.8, 4) is 23.4 Å². The van der Waals surface area contributed by atoms with Crippen molar-refractivity contribution in [3.05, 3.63) is 45.6 Å². The summed E-state index contributed by atoms with van der Waals surface area (Å²) in [4.78, 5) is 3.63. The van der Waals surface area contributed by atoms with Crippen LogP contribution in [0.15, 0.2) is 24.3 Å². The number of alkyl halides is 3. The Morgan fingerprint density at radius 2 is 1.91 bits per heavy atom. The quantitative estimate of drug-likeness (QED) is 0.714. The molecule has 0 aliphatic heterocycles. The van der Waals surface area contributed by atoms with E-state index < -0.39 is 28.3 Å². The minimum atomic E-state index is -4.78. The Kier molecular flexibility index (Phi) is 4.88. The van der Waals surface area contributed by atoms with Gasteiger partial charge in [-0.1, -0.05) is 23.2 Å². The Labute approximate surface area is 139 Å². The molecule has 0 aliphatic rings. The van der Waals surface area contributed by atoms with Crippen molar-refractivity contribution in [3.63, 3.8) is 0 Å². The van der Waals surface area contributed by atoms with E-state index in [0.717, 1.165) is 0 Å². The van der Waals surface area contributed by atoms with Crippen molar-refractivity contribution < 1.29 is 22.6 Å². The van der Waals surface area contributed by atoms with Crippen molar-refractivity contribution >= 4 is 23.2 Å². The van der Waals surface area contributed by atoms with E-state index in [1.54, 1.807) is 0 Å². The zero-order valence-electron chi connectivity index (χ0n) is 11.4. The van der Waals surface area contributed by atoms with Crippen LogP contribution in [0.4, 0.5) is 13.2 Å². The van der Waals surface area contributed by atoms with Crippen molar-refractivity contribution in [1.82, 2.24) is 4.98 Å². The van der Waals surface area contributed by atoms with Gasteiger partial charge in [0.2, 0.25) is 5.88 Å². The van der Waals surface area contributed by atoms with Crippen LogP contribution in [0.2, 0.25) is 10.2 Å². The number of hydrogen-bond donors (Lipinski definition) is 0. The molecule has 0 saturated carbocycles. The zero-order chi connectivity index (χ0) is 17.2. The molecule has 1 aromatic carbocycles. The standard InChI is InChI=1S/C14H7Cl2F3N2O2/c1-22-7-2-3-11(10(15)4-7)23-12-5-9(14(17,18)19)8(6-20)13(16)21-12/h2-5H,1H3. The Morgan fingerprint density at radius 1 is 1.22 bits per heavy atom. The molecule has 0 N–H and O–H groups in total. The van der Waals surface area contributed by atoms with Crippen LogP contribution in [0.3, 0.4) is 0 Å². The van der Waals surface area contributed by atoms with Gasteiger partial charge in [0, 0.05) is 12.1 Å². The lowest BCUT2D eigenvalue weighted by atomic mass is 10.1. The smallest absolute Gasteiger partial charge is 0.417 e. The first-order valence-electron chi connectivity index (χ1n) is 5.95. The van der Waals surface area contributed by atoms with E-state index in [0.29, 0.717) is 11.8 Å². The number of nitriles is 1. The summed E-state index contributed by atoms with van der Waals surface area (Å²) in [5.41, 5.74) is -2.01. The Bertz CT molecular complexity index is 789. The van der Waals surface area contributed by atoms with Crippen molar-refractivity contribution in [2.75, 3.05) is 7.11 Å². The third-order valence-electron chi connectivity index (χ3n) is 2.72. The fourth-order valence-corrected chi connectivity index (χ4v) is 2.11. The van der Waals surface area contributed by atoms with Crippen LogP contribution in [0, 0.1) is 11.3 Å². The third kappa shape index (κ3) is 3.78. The summed E-state index contributed by atoms with van der Waals surface area (Å²) >= 11 is 11.6. The fourth-order valence-electron chi connectivity index (χ4n) is 1.68. The maximum Gasteiger partial charge on any atom is 0.417 e. The predicted molar refractivity (Wildman–Crippen MR) is 77.0 cm³/mol. The molecular formula is C14H7Cl2F3N2O2. The van der Waals surface area contributed by atoms with Gasteiger partial charge < -0.3 is 9.47 Å². The van der Waals surface area contributed by atoms with Crippen LogP contribution in [0.25, 0.3) is 0 Å². The second-order valence-electron chi connectivity index (χ2n) is 4.18. The number of halogens is 5. The number of rotatable bonds is 3. The molecule has 9 heteroatoms. The Balaban J connectivity index is 2.46. The highest BCUT2D eigenvalue weighted by molar-refractivity contribution is 6.32. The first-order valence-corrected chi connectivity index (χ1v) is 6.71. The molecule has 4 nitrogen and oxygen atoms in total. The summed E-state index contributed by atoms with van der Waals surface area (Å²) in [7, 11) is 1.43. The van der Waals surface area contributed by atoms with E-state index in [-0.39, 0.29) is 10.8 Å². The van der Waals surface area contributed by atoms with E-state index in [2.05, 4.69) is 4.98 Å². The first kappa shape index (κ1) is 17.2. The molecule has 0 atom stereocenters. The zero-order valence-corrected chi connectivity index (χ0v) is 12.9. The first-order chi connectivity index (χ1) is 10.8. The van der Waals surface area contributed by atoms with Crippen LogP contribution >= 0.6 is 23.2 Å². The van der Waals surface area contributed by atoms with E-state index in [9.17, 15) is 13.2 Å². The number of ether oxygens (including phenoxy) is 2. The van der Waals surface area contributed by atoms with E-state index in [1.807, 2.05) is 0 Å². The van der Waals surface area contributed by atoms with Gasteiger partial charge in [-0.2, -0.15) is 23.4 Å². The third-order valence-corrected chi connectivity index (χ3v) is 3.29. The summed E-state index contributed by atoms with van der Waals surface area (Å²) in [6, 6.07) is 6.30. The molecule has 0 spiro atoms. The van der Waals surface area contributed by atoms with Gasteiger partial charge >= 0.3 is 6.18 Å². The van der Waals surface area contributed by atoms with Gasteiger partial charge in [-0.25, -0.2) is 0 Å². The highest BCUT2D eigenvalue weighted by Gasteiger charge is 2.36. The number of benzene rings is 1. The Morgan fingerprint density at radius 3 is 2.43 bits per heavy atom. The molecular weight excluding hydrogens is 356 g/mol. The normalized spacial score (nSPS) is 11.0. The van der Waals surface area contributed by atoms with Crippen LogP contribution in [0.5, 0.6) is 17.4 Å². The molecule has 0 aliphatic carbocycles. The van der Waals surface area contributed by atoms with E-state index in [1.165, 1.54) is 31.4 Å². The summed E-state index contributed by atoms with van der Waals surface area (Å²) in [6.45, 7) is 0. The number of nitrogens with zero attached hydrogens (tertiary/aromatic N) is 2. The molecule has 1 aromatic heterocycles. The van der Waals surface area contributed by atoms with Crippen molar-refractivity contribution in [2.24, 2.45) is 0 Å². The minimum absolute atomic E-state index is 0.0638. The lowest BCUT2D eigenvalue weighted by molar-refractivity contribution is -0.137. The molecule has 120 valence electrons. The van der Waals surface area contributed by atoms with Gasteiger partial charge in [0.05, 0.1) is 17.7 Å². The van der Waals surface area contributed by atoms with Crippen LogP contribution in [-0.2, 0) is 6.18 Å². The molecule has 0 saturated heterocycles. The van der Waals surface area contributed by atoms with Crippen LogP contribution in [0.1, 0.15) is 11.1 Å². The molecule has 1 heterocycles. The van der Waals surface area contributed by atoms with Gasteiger partial charge in [0.15, 0.2) is 5.15 Å². The minimum Gasteiger partial charge on any atom is -0.497 e. The Hall–Kier alpha value is -2.17. The number of aromatic nitrogens is 1. The number of hydrogen-bond acceptors (Lipinski definition) is 4. The average molecular weight is 363 g/mol. The molecule has 0 fully saturated rings. The summed E-state index contributed by atoms with van der Waals surface area (Å²) < 4.78 is 49.1. The lowest BCUT2D eigenvalue weighted by Gasteiger charge is -2.13. The molecule has 2 rings (SSSR count). The van der Waals surface area contributed by atoms with Gasteiger partial charge in [-0.05, 0) is 12.1 Å². The SMILES string of the molecule is COc1ccc(Oc2cc(C(F)(F)F)c(C#N)c(Cl)n2)c(Cl)c1. The van der Waals surface area contributed by atoms with Crippen molar-refractivity contribution in [2.45, 2.75) is 6.18 Å². The van der Waals surface area contributed by atoms with Crippen LogP contribution in [-0.4, -0.2) is 12.1 Å². The molecule has 0 amide bonds. The largest absolute Gasteiger partial charge is 0.497 e. The topological polar surface area (TPSA) is 55.1 Å². The molecule has 0 bridgehead atoms. The monoisotopic (exact) mass is 362 g/mol. The summed E-state index contributed by atoms with van der Waals surface area (Å²) in [5.74, 6) is 0.0754. The second kappa shape index (κ2) is 6.52. The van der Waals surface area contributed by atoms with E-state index >= 15 is 0 Å².